The van der Waals surface area contributed by atoms with E-state index in [1.54, 1.807) is 0 Å². The van der Waals surface area contributed by atoms with Gasteiger partial charge in [-0.05, 0) is 41.5 Å². The highest BCUT2D eigenvalue weighted by Gasteiger charge is 2.19. The third-order valence-electron chi connectivity index (χ3n) is 4.79. The van der Waals surface area contributed by atoms with Crippen molar-refractivity contribution in [3.8, 4) is 11.1 Å². The van der Waals surface area contributed by atoms with Gasteiger partial charge in [0.25, 0.3) is 0 Å². The highest BCUT2D eigenvalue weighted by Crippen LogP contribution is 2.28. The molecule has 0 bridgehead atoms. The van der Waals surface area contributed by atoms with Gasteiger partial charge < -0.3 is 5.11 Å². The first-order chi connectivity index (χ1) is 12.3. The lowest BCUT2D eigenvalue weighted by molar-refractivity contribution is 0.134. The number of aliphatic hydroxyl groups is 1. The molecule has 0 aliphatic rings. The molecule has 0 spiro atoms. The summed E-state index contributed by atoms with van der Waals surface area (Å²) < 4.78 is 0. The van der Waals surface area contributed by atoms with Gasteiger partial charge in [0.2, 0.25) is 0 Å². The smallest absolute Gasteiger partial charge is 0.0611 e. The minimum atomic E-state index is -0.375. The van der Waals surface area contributed by atoms with Gasteiger partial charge in [0.05, 0.1) is 6.10 Å². The highest BCUT2D eigenvalue weighted by molar-refractivity contribution is 5.63. The molecule has 0 aromatic heterocycles. The molecule has 0 amide bonds. The van der Waals surface area contributed by atoms with E-state index in [9.17, 15) is 5.11 Å². The molecular weight excluding hydrogens is 304 g/mol. The van der Waals surface area contributed by atoms with E-state index < -0.39 is 0 Å². The number of hydrogen-bond donors (Lipinski definition) is 1. The predicted molar refractivity (Wildman–Crippen MR) is 105 cm³/mol. The first kappa shape index (κ1) is 17.4. The Labute approximate surface area is 151 Å². The molecular formula is C24H25O. The molecule has 25 heavy (non-hydrogen) atoms. The lowest BCUT2D eigenvalue weighted by atomic mass is 9.87. The molecule has 1 nitrogen and oxygen atoms in total. The van der Waals surface area contributed by atoms with Crippen LogP contribution in [0.2, 0.25) is 0 Å². The average molecular weight is 329 g/mol. The van der Waals surface area contributed by atoms with Crippen LogP contribution in [0, 0.1) is 6.92 Å². The third-order valence-corrected chi connectivity index (χ3v) is 4.79. The first-order valence-electron chi connectivity index (χ1n) is 8.94. The molecule has 1 heteroatoms. The second-order valence-corrected chi connectivity index (χ2v) is 6.47. The summed E-state index contributed by atoms with van der Waals surface area (Å²) in [6, 6.07) is 29.2. The van der Waals surface area contributed by atoms with Crippen molar-refractivity contribution < 1.29 is 5.11 Å². The Morgan fingerprint density at radius 1 is 0.720 bits per heavy atom. The molecule has 0 aliphatic carbocycles. The quantitative estimate of drug-likeness (QED) is 0.593. The molecule has 3 aromatic carbocycles. The first-order valence-corrected chi connectivity index (χ1v) is 8.94. The molecule has 0 fully saturated rings. The number of aliphatic hydroxyl groups excluding tert-OH is 1. The number of aryl methyl sites for hydroxylation is 1. The van der Waals surface area contributed by atoms with Crippen molar-refractivity contribution in [3.63, 3.8) is 0 Å². The van der Waals surface area contributed by atoms with Gasteiger partial charge in [0.15, 0.2) is 0 Å². The summed E-state index contributed by atoms with van der Waals surface area (Å²) in [6.45, 7) is 4.06. The Morgan fingerprint density at radius 2 is 1.28 bits per heavy atom. The SMILES string of the molecule is [CH2]CC(c1ccc(-c2ccccc2)cc1)C(O)CCc1ccccc1. The van der Waals surface area contributed by atoms with Crippen molar-refractivity contribution in [2.24, 2.45) is 0 Å². The standard InChI is InChI=1S/C24H25O/c1-2-23(24(25)18-13-19-9-5-3-6-10-19)22-16-14-21(15-17-22)20-11-7-4-8-12-20/h3-12,14-17,23-25H,1-2,13,18H2. The van der Waals surface area contributed by atoms with Crippen molar-refractivity contribution >= 4 is 0 Å². The Morgan fingerprint density at radius 3 is 1.88 bits per heavy atom. The molecule has 3 rings (SSSR count). The van der Waals surface area contributed by atoms with Crippen molar-refractivity contribution in [2.75, 3.05) is 0 Å². The van der Waals surface area contributed by atoms with Crippen LogP contribution in [-0.2, 0) is 6.42 Å². The van der Waals surface area contributed by atoms with Crippen molar-refractivity contribution in [1.29, 1.82) is 0 Å². The summed E-state index contributed by atoms with van der Waals surface area (Å²) in [5.74, 6) is 0.0773. The lowest BCUT2D eigenvalue weighted by Gasteiger charge is -2.22. The van der Waals surface area contributed by atoms with E-state index in [0.29, 0.717) is 6.42 Å². The van der Waals surface area contributed by atoms with Crippen LogP contribution in [0.3, 0.4) is 0 Å². The molecule has 2 unspecified atom stereocenters. The normalized spacial score (nSPS) is 13.4. The average Bonchev–Trinajstić information content (AvgIpc) is 2.69. The van der Waals surface area contributed by atoms with E-state index in [2.05, 4.69) is 67.6 Å². The molecule has 0 aliphatic heterocycles. The Balaban J connectivity index is 1.67. The fraction of sp³-hybridized carbons (Fsp3) is 0.208. The molecule has 1 radical (unpaired) electrons. The van der Waals surface area contributed by atoms with Gasteiger partial charge >= 0.3 is 0 Å². The van der Waals surface area contributed by atoms with Gasteiger partial charge in [-0.15, -0.1) is 0 Å². The molecule has 3 aromatic rings. The molecule has 0 saturated heterocycles. The van der Waals surface area contributed by atoms with Gasteiger partial charge in [-0.3, -0.25) is 0 Å². The van der Waals surface area contributed by atoms with Crippen LogP contribution >= 0.6 is 0 Å². The zero-order valence-electron chi connectivity index (χ0n) is 14.5. The minimum absolute atomic E-state index is 0.0773. The van der Waals surface area contributed by atoms with Crippen LogP contribution in [0.1, 0.15) is 29.9 Å². The highest BCUT2D eigenvalue weighted by atomic mass is 16.3. The van der Waals surface area contributed by atoms with Crippen LogP contribution in [0.15, 0.2) is 84.9 Å². The molecule has 1 N–H and O–H groups in total. The maximum absolute atomic E-state index is 10.7. The fourth-order valence-corrected chi connectivity index (χ4v) is 3.29. The van der Waals surface area contributed by atoms with Crippen LogP contribution in [0.25, 0.3) is 11.1 Å². The molecule has 0 saturated carbocycles. The summed E-state index contributed by atoms with van der Waals surface area (Å²) >= 11 is 0. The van der Waals surface area contributed by atoms with Crippen LogP contribution in [0.5, 0.6) is 0 Å². The van der Waals surface area contributed by atoms with Gasteiger partial charge in [-0.2, -0.15) is 0 Å². The maximum atomic E-state index is 10.7. The van der Waals surface area contributed by atoms with E-state index >= 15 is 0 Å². The lowest BCUT2D eigenvalue weighted by Crippen LogP contribution is -2.19. The maximum Gasteiger partial charge on any atom is 0.0611 e. The number of benzene rings is 3. The molecule has 2 atom stereocenters. The largest absolute Gasteiger partial charge is 0.392 e. The third kappa shape index (κ3) is 4.58. The van der Waals surface area contributed by atoms with Crippen molar-refractivity contribution in [2.45, 2.75) is 31.3 Å². The van der Waals surface area contributed by atoms with E-state index in [0.717, 1.165) is 18.4 Å². The summed E-state index contributed by atoms with van der Waals surface area (Å²) in [5.41, 5.74) is 4.84. The summed E-state index contributed by atoms with van der Waals surface area (Å²) in [6.07, 6.45) is 1.96. The summed E-state index contributed by atoms with van der Waals surface area (Å²) in [5, 5.41) is 10.7. The Bertz CT molecular complexity index is 747. The molecule has 127 valence electrons. The molecule has 0 heterocycles. The van der Waals surface area contributed by atoms with Gasteiger partial charge in [-0.25, -0.2) is 0 Å². The van der Waals surface area contributed by atoms with Crippen LogP contribution < -0.4 is 0 Å². The Kier molecular flexibility index (Phi) is 6.03. The van der Waals surface area contributed by atoms with E-state index in [1.807, 2.05) is 24.3 Å². The van der Waals surface area contributed by atoms with Gasteiger partial charge in [0.1, 0.15) is 0 Å². The summed E-state index contributed by atoms with van der Waals surface area (Å²) in [7, 11) is 0. The zero-order valence-corrected chi connectivity index (χ0v) is 14.5. The van der Waals surface area contributed by atoms with E-state index in [4.69, 9.17) is 0 Å². The van der Waals surface area contributed by atoms with Crippen LogP contribution in [-0.4, -0.2) is 11.2 Å². The van der Waals surface area contributed by atoms with E-state index in [-0.39, 0.29) is 12.0 Å². The summed E-state index contributed by atoms with van der Waals surface area (Å²) in [4.78, 5) is 0. The van der Waals surface area contributed by atoms with Gasteiger partial charge in [0, 0.05) is 5.92 Å². The fourth-order valence-electron chi connectivity index (χ4n) is 3.29. The van der Waals surface area contributed by atoms with Crippen LogP contribution in [0.4, 0.5) is 0 Å². The van der Waals surface area contributed by atoms with Crippen molar-refractivity contribution in [3.05, 3.63) is 103 Å². The minimum Gasteiger partial charge on any atom is -0.392 e. The number of rotatable bonds is 7. The van der Waals surface area contributed by atoms with Gasteiger partial charge in [-0.1, -0.05) is 91.9 Å². The predicted octanol–water partition coefficient (Wildman–Crippen LogP) is 5.66. The zero-order chi connectivity index (χ0) is 17.5. The second-order valence-electron chi connectivity index (χ2n) is 6.47. The van der Waals surface area contributed by atoms with E-state index in [1.165, 1.54) is 16.7 Å². The topological polar surface area (TPSA) is 20.2 Å². The van der Waals surface area contributed by atoms with Crippen molar-refractivity contribution in [1.82, 2.24) is 0 Å². The Hall–Kier alpha value is -2.38. The number of hydrogen-bond acceptors (Lipinski definition) is 1. The monoisotopic (exact) mass is 329 g/mol. The second kappa shape index (κ2) is 8.64.